The molecule has 1 amide bonds. The van der Waals surface area contributed by atoms with Crippen LogP contribution in [0.25, 0.3) is 16.5 Å². The standard InChI is InChI=1S/C41H54N4O5/c1-9-15-38(44-36(26-29(2)40(4,5)6)37(48-7)27-42-39(47)49-8)43-35-21-20-32(33-18-13-14-19-34(33)35)30(3)45-23-25-50-41(28-45,22-24-46)31-16-11-10-12-17-31/h10-21,26,43-44,46H,3,9,22-25,27-28H2,1-2,4-8H3,(H,42,47)/b29-26+,37-36-,38-15?. The van der Waals surface area contributed by atoms with Crippen LogP contribution >= 0.6 is 0 Å². The van der Waals surface area contributed by atoms with Gasteiger partial charge >= 0.3 is 6.09 Å². The molecule has 4 rings (SSSR count). The second-order valence-electron chi connectivity index (χ2n) is 13.5. The Morgan fingerprint density at radius 2 is 1.74 bits per heavy atom. The number of carbonyl (C=O) groups excluding carboxylic acids is 1. The smallest absolute Gasteiger partial charge is 0.407 e. The fourth-order valence-corrected chi connectivity index (χ4v) is 5.99. The van der Waals surface area contributed by atoms with Crippen LogP contribution in [-0.2, 0) is 19.8 Å². The first-order valence-electron chi connectivity index (χ1n) is 17.2. The molecule has 3 aromatic carbocycles. The summed E-state index contributed by atoms with van der Waals surface area (Å²) in [5.41, 5.74) is 5.06. The van der Waals surface area contributed by atoms with Crippen molar-refractivity contribution in [1.29, 1.82) is 0 Å². The van der Waals surface area contributed by atoms with Gasteiger partial charge in [-0.3, -0.25) is 0 Å². The minimum Gasteiger partial charge on any atom is -0.497 e. The Morgan fingerprint density at radius 3 is 2.38 bits per heavy atom. The maximum absolute atomic E-state index is 11.9. The Kier molecular flexibility index (Phi) is 13.2. The summed E-state index contributed by atoms with van der Waals surface area (Å²) in [6.07, 6.45) is 4.87. The quantitative estimate of drug-likeness (QED) is 0.101. The third-order valence-electron chi connectivity index (χ3n) is 9.23. The number of allylic oxidation sites excluding steroid dienone is 3. The molecule has 0 radical (unpaired) electrons. The minimum atomic E-state index is -0.627. The van der Waals surface area contributed by atoms with E-state index in [4.69, 9.17) is 14.2 Å². The van der Waals surface area contributed by atoms with Crippen LogP contribution < -0.4 is 16.0 Å². The van der Waals surface area contributed by atoms with Gasteiger partial charge in [0.2, 0.25) is 0 Å². The van der Waals surface area contributed by atoms with Crippen molar-refractivity contribution in [3.63, 3.8) is 0 Å². The van der Waals surface area contributed by atoms with Crippen molar-refractivity contribution in [1.82, 2.24) is 15.5 Å². The second kappa shape index (κ2) is 17.3. The normalized spacial score (nSPS) is 17.6. The molecule has 1 saturated heterocycles. The van der Waals surface area contributed by atoms with Crippen LogP contribution in [0.1, 0.15) is 58.6 Å². The number of alkyl carbamates (subject to hydrolysis) is 1. The number of nitrogens with zero attached hydrogens (tertiary/aromatic N) is 1. The first-order valence-corrected chi connectivity index (χ1v) is 17.2. The van der Waals surface area contributed by atoms with Crippen molar-refractivity contribution in [2.75, 3.05) is 52.4 Å². The Morgan fingerprint density at radius 1 is 1.04 bits per heavy atom. The van der Waals surface area contributed by atoms with Crippen LogP contribution in [0.4, 0.5) is 10.5 Å². The zero-order valence-electron chi connectivity index (χ0n) is 30.7. The van der Waals surface area contributed by atoms with E-state index in [1.54, 1.807) is 7.11 Å². The minimum absolute atomic E-state index is 0.0241. The molecule has 4 N–H and O–H groups in total. The molecular weight excluding hydrogens is 628 g/mol. The summed E-state index contributed by atoms with van der Waals surface area (Å²) in [6, 6.07) is 22.7. The third-order valence-corrected chi connectivity index (χ3v) is 9.23. The molecule has 3 aromatic rings. The Labute approximate surface area is 297 Å². The zero-order valence-corrected chi connectivity index (χ0v) is 30.7. The van der Waals surface area contributed by atoms with E-state index >= 15 is 0 Å². The van der Waals surface area contributed by atoms with E-state index in [0.29, 0.717) is 31.9 Å². The fourth-order valence-electron chi connectivity index (χ4n) is 5.99. The first-order chi connectivity index (χ1) is 24.0. The van der Waals surface area contributed by atoms with E-state index in [2.05, 4.69) is 111 Å². The lowest BCUT2D eigenvalue weighted by molar-refractivity contribution is -0.111. The van der Waals surface area contributed by atoms with Crippen molar-refractivity contribution in [2.45, 2.75) is 53.1 Å². The molecular formula is C41H54N4O5. The first kappa shape index (κ1) is 38.1. The summed E-state index contributed by atoms with van der Waals surface area (Å²) in [5.74, 6) is 1.33. The monoisotopic (exact) mass is 682 g/mol. The molecule has 1 atom stereocenters. The number of hydrogen-bond donors (Lipinski definition) is 4. The molecule has 1 unspecified atom stereocenters. The van der Waals surface area contributed by atoms with Gasteiger partial charge in [-0.2, -0.15) is 0 Å². The number of morpholine rings is 1. The highest BCUT2D eigenvalue weighted by molar-refractivity contribution is 6.01. The number of benzene rings is 3. The lowest BCUT2D eigenvalue weighted by Gasteiger charge is -2.44. The maximum atomic E-state index is 11.9. The predicted molar refractivity (Wildman–Crippen MR) is 203 cm³/mol. The molecule has 1 aliphatic heterocycles. The van der Waals surface area contributed by atoms with Gasteiger partial charge in [0, 0.05) is 41.9 Å². The Hall–Kier alpha value is -4.73. The van der Waals surface area contributed by atoms with Gasteiger partial charge in [0.25, 0.3) is 0 Å². The summed E-state index contributed by atoms with van der Waals surface area (Å²) in [6.45, 7) is 17.2. The SMILES string of the molecule is C=C(c1ccc(NC(=CCC)NC(/C=C(\C)C(C)(C)C)=C(/CNC(=O)OC)OC)c2ccccc12)N1CCOC(CCO)(c2ccccc2)C1. The van der Waals surface area contributed by atoms with Crippen molar-refractivity contribution in [3.8, 4) is 0 Å². The van der Waals surface area contributed by atoms with Crippen LogP contribution in [0.2, 0.25) is 0 Å². The van der Waals surface area contributed by atoms with Gasteiger partial charge in [-0.05, 0) is 47.9 Å². The number of rotatable bonds is 14. The van der Waals surface area contributed by atoms with E-state index in [1.165, 1.54) is 7.11 Å². The average Bonchev–Trinajstić information content (AvgIpc) is 3.11. The van der Waals surface area contributed by atoms with E-state index in [1.807, 2.05) is 30.3 Å². The predicted octanol–water partition coefficient (Wildman–Crippen LogP) is 7.88. The van der Waals surface area contributed by atoms with Gasteiger partial charge in [-0.25, -0.2) is 4.79 Å². The van der Waals surface area contributed by atoms with Gasteiger partial charge in [-0.15, -0.1) is 0 Å². The van der Waals surface area contributed by atoms with E-state index in [0.717, 1.165) is 56.8 Å². The van der Waals surface area contributed by atoms with Crippen LogP contribution in [-0.4, -0.2) is 63.2 Å². The molecule has 0 bridgehead atoms. The highest BCUT2D eigenvalue weighted by atomic mass is 16.5. The Balaban J connectivity index is 1.68. The fraction of sp³-hybridized carbons (Fsp3) is 0.390. The van der Waals surface area contributed by atoms with Gasteiger partial charge in [0.05, 0.1) is 39.6 Å². The molecule has 1 fully saturated rings. The number of fused-ring (bicyclic) bond motifs is 1. The van der Waals surface area contributed by atoms with Gasteiger partial charge in [-0.1, -0.05) is 101 Å². The number of carbonyl (C=O) groups is 1. The van der Waals surface area contributed by atoms with E-state index < -0.39 is 11.7 Å². The third kappa shape index (κ3) is 9.28. The summed E-state index contributed by atoms with van der Waals surface area (Å²) in [5, 5.41) is 22.1. The number of hydrogen-bond acceptors (Lipinski definition) is 8. The largest absolute Gasteiger partial charge is 0.497 e. The van der Waals surface area contributed by atoms with Crippen molar-refractivity contribution in [3.05, 3.63) is 119 Å². The number of ether oxygens (including phenoxy) is 3. The number of methoxy groups -OCH3 is 2. The van der Waals surface area contributed by atoms with Gasteiger partial charge in [0.1, 0.15) is 17.2 Å². The number of anilines is 1. The van der Waals surface area contributed by atoms with Crippen LogP contribution in [0, 0.1) is 5.41 Å². The maximum Gasteiger partial charge on any atom is 0.407 e. The number of aliphatic hydroxyl groups excluding tert-OH is 1. The number of nitrogens with one attached hydrogen (secondary N) is 3. The molecule has 1 aliphatic rings. The lowest BCUT2D eigenvalue weighted by Crippen LogP contribution is -2.49. The second-order valence-corrected chi connectivity index (χ2v) is 13.5. The average molecular weight is 683 g/mol. The molecule has 1 heterocycles. The molecule has 9 heteroatoms. The molecule has 0 spiro atoms. The van der Waals surface area contributed by atoms with Crippen LogP contribution in [0.3, 0.4) is 0 Å². The summed E-state index contributed by atoms with van der Waals surface area (Å²) >= 11 is 0. The van der Waals surface area contributed by atoms with Crippen molar-refractivity contribution in [2.24, 2.45) is 5.41 Å². The number of amides is 1. The molecule has 268 valence electrons. The van der Waals surface area contributed by atoms with Crippen LogP contribution in [0.15, 0.2) is 108 Å². The van der Waals surface area contributed by atoms with E-state index in [9.17, 15) is 9.90 Å². The Bertz CT molecular complexity index is 1720. The summed E-state index contributed by atoms with van der Waals surface area (Å²) in [4.78, 5) is 14.2. The van der Waals surface area contributed by atoms with E-state index in [-0.39, 0.29) is 18.6 Å². The topological polar surface area (TPSA) is 104 Å². The summed E-state index contributed by atoms with van der Waals surface area (Å²) in [7, 11) is 2.93. The highest BCUT2D eigenvalue weighted by Gasteiger charge is 2.38. The molecule has 9 nitrogen and oxygen atoms in total. The molecule has 50 heavy (non-hydrogen) atoms. The highest BCUT2D eigenvalue weighted by Crippen LogP contribution is 2.38. The number of aliphatic hydroxyl groups is 1. The van der Waals surface area contributed by atoms with Crippen LogP contribution in [0.5, 0.6) is 0 Å². The van der Waals surface area contributed by atoms with Gasteiger partial charge in [0.15, 0.2) is 0 Å². The molecule has 0 aliphatic carbocycles. The molecule has 0 aromatic heterocycles. The molecule has 0 saturated carbocycles. The summed E-state index contributed by atoms with van der Waals surface area (Å²) < 4.78 is 17.0. The van der Waals surface area contributed by atoms with Crippen molar-refractivity contribution >= 4 is 28.3 Å². The van der Waals surface area contributed by atoms with Crippen molar-refractivity contribution < 1.29 is 24.1 Å². The lowest BCUT2D eigenvalue weighted by atomic mass is 9.87. The van der Waals surface area contributed by atoms with Gasteiger partial charge < -0.3 is 40.2 Å². The zero-order chi connectivity index (χ0) is 36.3.